The first-order valence-corrected chi connectivity index (χ1v) is 9.54. The molecule has 5 heteroatoms. The van der Waals surface area contributed by atoms with Crippen LogP contribution in [0.1, 0.15) is 48.1 Å². The van der Waals surface area contributed by atoms with Gasteiger partial charge < -0.3 is 4.90 Å². The van der Waals surface area contributed by atoms with E-state index in [4.69, 9.17) is 0 Å². The van der Waals surface area contributed by atoms with Gasteiger partial charge in [-0.2, -0.15) is 0 Å². The van der Waals surface area contributed by atoms with E-state index in [2.05, 4.69) is 4.98 Å². The number of hydrogen-bond acceptors (Lipinski definition) is 3. The lowest BCUT2D eigenvalue weighted by molar-refractivity contribution is -0.134. The van der Waals surface area contributed by atoms with Gasteiger partial charge in [-0.3, -0.25) is 4.79 Å². The summed E-state index contributed by atoms with van der Waals surface area (Å²) in [7, 11) is 0. The number of halogens is 1. The second-order valence-electron chi connectivity index (χ2n) is 6.84. The fourth-order valence-corrected chi connectivity index (χ4v) is 4.51. The van der Waals surface area contributed by atoms with Crippen molar-refractivity contribution in [2.45, 2.75) is 37.5 Å². The molecule has 24 heavy (non-hydrogen) atoms. The van der Waals surface area contributed by atoms with Crippen molar-refractivity contribution in [3.8, 4) is 0 Å². The number of rotatable bonds is 4. The van der Waals surface area contributed by atoms with Crippen molar-refractivity contribution < 1.29 is 9.18 Å². The number of hydrogen-bond donors (Lipinski definition) is 0. The van der Waals surface area contributed by atoms with Crippen molar-refractivity contribution in [2.24, 2.45) is 5.92 Å². The summed E-state index contributed by atoms with van der Waals surface area (Å²) in [6, 6.07) is 6.48. The average Bonchev–Trinajstić information content (AvgIpc) is 3.29. The quantitative estimate of drug-likeness (QED) is 0.833. The fourth-order valence-electron chi connectivity index (χ4n) is 3.70. The number of aromatic nitrogens is 1. The lowest BCUT2D eigenvalue weighted by Gasteiger charge is -2.34. The van der Waals surface area contributed by atoms with Crippen LogP contribution >= 0.6 is 11.3 Å². The predicted molar refractivity (Wildman–Crippen MR) is 92.5 cm³/mol. The number of nitrogens with zero attached hydrogens (tertiary/aromatic N) is 2. The molecule has 2 fully saturated rings. The highest BCUT2D eigenvalue weighted by atomic mass is 32.1. The Hall–Kier alpha value is -1.75. The van der Waals surface area contributed by atoms with Crippen molar-refractivity contribution in [1.82, 2.24) is 9.88 Å². The van der Waals surface area contributed by atoms with Crippen molar-refractivity contribution >= 4 is 17.2 Å². The Labute approximate surface area is 145 Å². The number of piperidine rings is 1. The molecule has 0 radical (unpaired) electrons. The van der Waals surface area contributed by atoms with E-state index in [-0.39, 0.29) is 17.6 Å². The first-order chi connectivity index (χ1) is 11.7. The molecule has 2 aromatic rings. The highest BCUT2D eigenvalue weighted by Crippen LogP contribution is 2.44. The molecule has 126 valence electrons. The molecule has 1 aliphatic carbocycles. The zero-order valence-corrected chi connectivity index (χ0v) is 14.3. The van der Waals surface area contributed by atoms with E-state index in [9.17, 15) is 9.18 Å². The monoisotopic (exact) mass is 344 g/mol. The van der Waals surface area contributed by atoms with E-state index < -0.39 is 0 Å². The molecule has 2 aliphatic rings. The third kappa shape index (κ3) is 3.22. The van der Waals surface area contributed by atoms with E-state index in [1.165, 1.54) is 17.1 Å². The van der Waals surface area contributed by atoms with Gasteiger partial charge in [-0.05, 0) is 49.3 Å². The van der Waals surface area contributed by atoms with E-state index in [0.29, 0.717) is 11.8 Å². The summed E-state index contributed by atoms with van der Waals surface area (Å²) in [5.41, 5.74) is 0.964. The van der Waals surface area contributed by atoms with Crippen LogP contribution in [0, 0.1) is 11.7 Å². The fraction of sp³-hybridized carbons (Fsp3) is 0.474. The SMILES string of the molecule is O=C(C(c1ccc(F)cc1)C1CC1)N1CCC(c2nccs2)CC1. The van der Waals surface area contributed by atoms with Crippen molar-refractivity contribution in [3.05, 3.63) is 52.2 Å². The number of thiazole rings is 1. The molecule has 1 aromatic heterocycles. The van der Waals surface area contributed by atoms with Gasteiger partial charge in [0.05, 0.1) is 10.9 Å². The minimum atomic E-state index is -0.245. The molecule has 2 heterocycles. The first kappa shape index (κ1) is 15.8. The molecular formula is C19H21FN2OS. The van der Waals surface area contributed by atoms with Gasteiger partial charge in [0.1, 0.15) is 5.82 Å². The van der Waals surface area contributed by atoms with Crippen LogP contribution in [-0.2, 0) is 4.79 Å². The lowest BCUT2D eigenvalue weighted by Crippen LogP contribution is -2.41. The highest BCUT2D eigenvalue weighted by Gasteiger charge is 2.40. The topological polar surface area (TPSA) is 33.2 Å². The molecule has 1 unspecified atom stereocenters. The summed E-state index contributed by atoms with van der Waals surface area (Å²) in [4.78, 5) is 19.5. The number of carbonyl (C=O) groups is 1. The van der Waals surface area contributed by atoms with Crippen LogP contribution in [-0.4, -0.2) is 28.9 Å². The second-order valence-corrected chi connectivity index (χ2v) is 7.76. The van der Waals surface area contributed by atoms with Crippen LogP contribution in [0.4, 0.5) is 4.39 Å². The second kappa shape index (κ2) is 6.63. The van der Waals surface area contributed by atoms with Crippen LogP contribution in [0.2, 0.25) is 0 Å². The smallest absolute Gasteiger partial charge is 0.230 e. The minimum Gasteiger partial charge on any atom is -0.342 e. The van der Waals surface area contributed by atoms with Gasteiger partial charge in [-0.25, -0.2) is 9.37 Å². The van der Waals surface area contributed by atoms with Crippen LogP contribution in [0.3, 0.4) is 0 Å². The summed E-state index contributed by atoms with van der Waals surface area (Å²) < 4.78 is 13.2. The summed E-state index contributed by atoms with van der Waals surface area (Å²) in [6.45, 7) is 1.60. The molecule has 1 aliphatic heterocycles. The minimum absolute atomic E-state index is 0.0954. The van der Waals surface area contributed by atoms with Gasteiger partial charge in [0.2, 0.25) is 5.91 Å². The Balaban J connectivity index is 1.45. The van der Waals surface area contributed by atoms with E-state index in [1.54, 1.807) is 23.5 Å². The van der Waals surface area contributed by atoms with Crippen molar-refractivity contribution in [3.63, 3.8) is 0 Å². The summed E-state index contributed by atoms with van der Waals surface area (Å²) in [6.07, 6.45) is 6.03. The van der Waals surface area contributed by atoms with Crippen molar-refractivity contribution in [1.29, 1.82) is 0 Å². The summed E-state index contributed by atoms with van der Waals surface area (Å²) in [5, 5.41) is 3.21. The standard InChI is InChI=1S/C19H21FN2OS/c20-16-5-3-14(4-6-16)17(13-1-2-13)19(23)22-10-7-15(8-11-22)18-21-9-12-24-18/h3-6,9,12-13,15,17H,1-2,7-8,10-11H2. The summed E-state index contributed by atoms with van der Waals surface area (Å²) >= 11 is 1.71. The maximum atomic E-state index is 13.2. The molecule has 0 bridgehead atoms. The van der Waals surface area contributed by atoms with Gasteiger partial charge in [-0.1, -0.05) is 12.1 Å². The van der Waals surface area contributed by atoms with Crippen molar-refractivity contribution in [2.75, 3.05) is 13.1 Å². The van der Waals surface area contributed by atoms with Gasteiger partial charge in [-0.15, -0.1) is 11.3 Å². The largest absolute Gasteiger partial charge is 0.342 e. The Bertz CT molecular complexity index is 689. The first-order valence-electron chi connectivity index (χ1n) is 8.66. The molecule has 1 saturated heterocycles. The highest BCUT2D eigenvalue weighted by molar-refractivity contribution is 7.09. The molecule has 1 amide bonds. The maximum Gasteiger partial charge on any atom is 0.230 e. The average molecular weight is 344 g/mol. The molecule has 0 N–H and O–H groups in total. The third-order valence-corrected chi connectivity index (χ3v) is 6.13. The van der Waals surface area contributed by atoms with Crippen LogP contribution in [0.25, 0.3) is 0 Å². The van der Waals surface area contributed by atoms with Crippen LogP contribution in [0.15, 0.2) is 35.8 Å². The zero-order chi connectivity index (χ0) is 16.5. The zero-order valence-electron chi connectivity index (χ0n) is 13.5. The summed E-state index contributed by atoms with van der Waals surface area (Å²) in [5.74, 6) is 0.799. The normalized spacial score (nSPS) is 20.1. The van der Waals surface area contributed by atoms with Gasteiger partial charge >= 0.3 is 0 Å². The molecule has 4 rings (SSSR count). The van der Waals surface area contributed by atoms with E-state index >= 15 is 0 Å². The third-order valence-electron chi connectivity index (χ3n) is 5.20. The predicted octanol–water partition coefficient (Wildman–Crippen LogP) is 4.18. The Morgan fingerprint density at radius 3 is 2.46 bits per heavy atom. The van der Waals surface area contributed by atoms with Crippen LogP contribution < -0.4 is 0 Å². The van der Waals surface area contributed by atoms with E-state index in [0.717, 1.165) is 44.3 Å². The van der Waals surface area contributed by atoms with Gasteiger partial charge in [0.15, 0.2) is 0 Å². The molecule has 1 aromatic carbocycles. The molecule has 0 spiro atoms. The molecule has 1 atom stereocenters. The van der Waals surface area contributed by atoms with Crippen LogP contribution in [0.5, 0.6) is 0 Å². The molecule has 3 nitrogen and oxygen atoms in total. The Morgan fingerprint density at radius 1 is 1.17 bits per heavy atom. The lowest BCUT2D eigenvalue weighted by atomic mass is 9.90. The number of likely N-dealkylation sites (tertiary alicyclic amines) is 1. The molecule has 1 saturated carbocycles. The number of amides is 1. The number of benzene rings is 1. The van der Waals surface area contributed by atoms with Gasteiger partial charge in [0, 0.05) is 30.6 Å². The molecular weight excluding hydrogens is 323 g/mol. The maximum absolute atomic E-state index is 13.2. The Morgan fingerprint density at radius 2 is 1.88 bits per heavy atom. The van der Waals surface area contributed by atoms with E-state index in [1.807, 2.05) is 16.5 Å². The Kier molecular flexibility index (Phi) is 4.35. The van der Waals surface area contributed by atoms with Gasteiger partial charge in [0.25, 0.3) is 0 Å². The number of carbonyl (C=O) groups excluding carboxylic acids is 1.